The molecule has 28 heavy (non-hydrogen) atoms. The zero-order valence-electron chi connectivity index (χ0n) is 15.7. The second kappa shape index (κ2) is 10.7. The number of sulfonamides is 1. The van der Waals surface area contributed by atoms with Crippen LogP contribution in [0, 0.1) is 0 Å². The van der Waals surface area contributed by atoms with Gasteiger partial charge in [0.2, 0.25) is 10.0 Å². The number of para-hydroxylation sites is 1. The van der Waals surface area contributed by atoms with Crippen LogP contribution in [-0.2, 0) is 14.8 Å². The number of rotatable bonds is 10. The summed E-state index contributed by atoms with van der Waals surface area (Å²) in [7, 11) is -3.62. The van der Waals surface area contributed by atoms with E-state index in [1.54, 1.807) is 0 Å². The zero-order chi connectivity index (χ0) is 20.6. The Labute approximate surface area is 175 Å². The van der Waals surface area contributed by atoms with Crippen molar-refractivity contribution in [2.45, 2.75) is 29.6 Å². The number of nitrogens with one attached hydrogen (secondary N) is 2. The fraction of sp³-hybridized carbons (Fsp3) is 0.316. The van der Waals surface area contributed by atoms with Crippen molar-refractivity contribution >= 4 is 45.0 Å². The molecule has 6 nitrogen and oxygen atoms in total. The summed E-state index contributed by atoms with van der Waals surface area (Å²) in [5, 5.41) is 2.90. The van der Waals surface area contributed by atoms with Crippen LogP contribution in [0.1, 0.15) is 19.8 Å². The molecule has 0 fully saturated rings. The Balaban J connectivity index is 1.98. The van der Waals surface area contributed by atoms with Gasteiger partial charge in [0.25, 0.3) is 5.91 Å². The molecule has 152 valence electrons. The number of hydrogen-bond donors (Lipinski definition) is 2. The molecule has 0 aliphatic heterocycles. The number of halogens is 1. The highest BCUT2D eigenvalue weighted by Gasteiger charge is 2.16. The summed E-state index contributed by atoms with van der Waals surface area (Å²) in [6, 6.07) is 11.6. The molecule has 0 saturated heterocycles. The third-order valence-corrected chi connectivity index (χ3v) is 6.33. The van der Waals surface area contributed by atoms with Gasteiger partial charge in [-0.3, -0.25) is 4.79 Å². The number of carbonyl (C=O) groups excluding carboxylic acids is 1. The van der Waals surface area contributed by atoms with Crippen molar-refractivity contribution < 1.29 is 17.9 Å². The second-order valence-electron chi connectivity index (χ2n) is 5.88. The molecule has 0 bridgehead atoms. The Bertz CT molecular complexity index is 920. The average molecular weight is 443 g/mol. The maximum Gasteiger partial charge on any atom is 0.262 e. The number of ether oxygens (including phenoxy) is 1. The van der Waals surface area contributed by atoms with Crippen LogP contribution in [0.25, 0.3) is 0 Å². The Hall–Kier alpha value is -1.74. The monoisotopic (exact) mass is 442 g/mol. The van der Waals surface area contributed by atoms with Gasteiger partial charge in [-0.05, 0) is 43.0 Å². The van der Waals surface area contributed by atoms with Crippen molar-refractivity contribution in [2.24, 2.45) is 0 Å². The minimum absolute atomic E-state index is 0.0549. The minimum atomic E-state index is -3.62. The average Bonchev–Trinajstić information content (AvgIpc) is 2.67. The van der Waals surface area contributed by atoms with Gasteiger partial charge in [0.05, 0.1) is 15.6 Å². The largest absolute Gasteiger partial charge is 0.482 e. The van der Waals surface area contributed by atoms with Crippen LogP contribution in [0.5, 0.6) is 5.75 Å². The van der Waals surface area contributed by atoms with Crippen LogP contribution in [0.3, 0.4) is 0 Å². The van der Waals surface area contributed by atoms with Crippen LogP contribution in [0.4, 0.5) is 5.69 Å². The first-order chi connectivity index (χ1) is 13.4. The Kier molecular flexibility index (Phi) is 8.62. The van der Waals surface area contributed by atoms with Crippen LogP contribution in [0.2, 0.25) is 5.02 Å². The molecule has 0 radical (unpaired) electrons. The molecule has 0 atom stereocenters. The van der Waals surface area contributed by atoms with E-state index in [2.05, 4.69) is 10.0 Å². The Morgan fingerprint density at radius 2 is 1.96 bits per heavy atom. The van der Waals surface area contributed by atoms with Gasteiger partial charge in [-0.1, -0.05) is 37.1 Å². The van der Waals surface area contributed by atoms with E-state index in [0.29, 0.717) is 12.2 Å². The minimum Gasteiger partial charge on any atom is -0.482 e. The van der Waals surface area contributed by atoms with Crippen LogP contribution >= 0.6 is 23.4 Å². The van der Waals surface area contributed by atoms with Crippen molar-refractivity contribution in [3.05, 3.63) is 47.5 Å². The summed E-state index contributed by atoms with van der Waals surface area (Å²) in [5.41, 5.74) is 0.703. The number of hydrogen-bond acceptors (Lipinski definition) is 5. The van der Waals surface area contributed by atoms with Crippen molar-refractivity contribution in [3.63, 3.8) is 0 Å². The number of amides is 1. The third-order valence-electron chi connectivity index (χ3n) is 3.78. The van der Waals surface area contributed by atoms with Gasteiger partial charge in [-0.2, -0.15) is 0 Å². The molecule has 0 saturated carbocycles. The van der Waals surface area contributed by atoms with Gasteiger partial charge in [-0.25, -0.2) is 13.1 Å². The van der Waals surface area contributed by atoms with Crippen molar-refractivity contribution in [2.75, 3.05) is 24.7 Å². The Morgan fingerprint density at radius 1 is 1.21 bits per heavy atom. The highest BCUT2D eigenvalue weighted by Crippen LogP contribution is 2.28. The SMILES string of the molecule is CCCCNS(=O)(=O)c1ccc(OCC(=O)Nc2ccccc2SC)c(Cl)c1. The van der Waals surface area contributed by atoms with Gasteiger partial charge in [-0.15, -0.1) is 11.8 Å². The molecule has 0 aromatic heterocycles. The number of benzene rings is 2. The molecule has 9 heteroatoms. The molecular formula is C19H23ClN2O4S2. The fourth-order valence-corrected chi connectivity index (χ4v) is 4.26. The highest BCUT2D eigenvalue weighted by atomic mass is 35.5. The smallest absolute Gasteiger partial charge is 0.262 e. The molecule has 0 spiro atoms. The van der Waals surface area contributed by atoms with E-state index < -0.39 is 10.0 Å². The molecule has 2 aromatic rings. The predicted octanol–water partition coefficient (Wildman–Crippen LogP) is 4.16. The molecule has 0 aliphatic rings. The number of unbranched alkanes of at least 4 members (excludes halogenated alkanes) is 1. The zero-order valence-corrected chi connectivity index (χ0v) is 18.1. The quantitative estimate of drug-likeness (QED) is 0.426. The van der Waals surface area contributed by atoms with E-state index in [1.165, 1.54) is 30.0 Å². The molecule has 1 amide bonds. The van der Waals surface area contributed by atoms with E-state index >= 15 is 0 Å². The Morgan fingerprint density at radius 3 is 2.64 bits per heavy atom. The summed E-state index contributed by atoms with van der Waals surface area (Å²) in [4.78, 5) is 13.1. The number of thioether (sulfide) groups is 1. The van der Waals surface area contributed by atoms with Gasteiger partial charge in [0.15, 0.2) is 6.61 Å². The predicted molar refractivity (Wildman–Crippen MR) is 114 cm³/mol. The second-order valence-corrected chi connectivity index (χ2v) is 8.90. The maximum absolute atomic E-state index is 12.2. The van der Waals surface area contributed by atoms with E-state index in [9.17, 15) is 13.2 Å². The lowest BCUT2D eigenvalue weighted by atomic mass is 10.3. The first kappa shape index (κ1) is 22.5. The first-order valence-corrected chi connectivity index (χ1v) is 11.8. The summed E-state index contributed by atoms with van der Waals surface area (Å²) < 4.78 is 32.4. The molecular weight excluding hydrogens is 420 g/mol. The number of carbonyl (C=O) groups is 1. The van der Waals surface area contributed by atoms with Crippen molar-refractivity contribution in [1.82, 2.24) is 4.72 Å². The van der Waals surface area contributed by atoms with Crippen LogP contribution < -0.4 is 14.8 Å². The number of anilines is 1. The standard InChI is InChI=1S/C19H23ClN2O4S2/c1-3-4-11-21-28(24,25)14-9-10-17(15(20)12-14)26-13-19(23)22-16-7-5-6-8-18(16)27-2/h5-10,12,21H,3-4,11,13H2,1-2H3,(H,22,23). The lowest BCUT2D eigenvalue weighted by Gasteiger charge is -2.12. The molecule has 0 aliphatic carbocycles. The van der Waals surface area contributed by atoms with E-state index in [0.717, 1.165) is 17.7 Å². The lowest BCUT2D eigenvalue weighted by molar-refractivity contribution is -0.118. The molecule has 2 rings (SSSR count). The molecule has 0 unspecified atom stereocenters. The molecule has 2 aromatic carbocycles. The summed E-state index contributed by atoms with van der Waals surface area (Å²) in [5.74, 6) is -0.0991. The third kappa shape index (κ3) is 6.41. The van der Waals surface area contributed by atoms with E-state index in [-0.39, 0.29) is 28.2 Å². The van der Waals surface area contributed by atoms with Crippen molar-refractivity contribution in [1.29, 1.82) is 0 Å². The molecule has 2 N–H and O–H groups in total. The fourth-order valence-electron chi connectivity index (χ4n) is 2.31. The lowest BCUT2D eigenvalue weighted by Crippen LogP contribution is -2.24. The van der Waals surface area contributed by atoms with Gasteiger partial charge >= 0.3 is 0 Å². The topological polar surface area (TPSA) is 84.5 Å². The summed E-state index contributed by atoms with van der Waals surface area (Å²) in [6.45, 7) is 2.10. The maximum atomic E-state index is 12.2. The van der Waals surface area contributed by atoms with E-state index in [4.69, 9.17) is 16.3 Å². The van der Waals surface area contributed by atoms with Gasteiger partial charge in [0.1, 0.15) is 5.75 Å². The summed E-state index contributed by atoms with van der Waals surface area (Å²) >= 11 is 7.66. The summed E-state index contributed by atoms with van der Waals surface area (Å²) in [6.07, 6.45) is 3.57. The van der Waals surface area contributed by atoms with Crippen LogP contribution in [0.15, 0.2) is 52.3 Å². The normalized spacial score (nSPS) is 11.2. The van der Waals surface area contributed by atoms with Gasteiger partial charge in [0, 0.05) is 11.4 Å². The van der Waals surface area contributed by atoms with E-state index in [1.807, 2.05) is 37.4 Å². The highest BCUT2D eigenvalue weighted by molar-refractivity contribution is 7.98. The van der Waals surface area contributed by atoms with Crippen molar-refractivity contribution in [3.8, 4) is 5.75 Å². The van der Waals surface area contributed by atoms with Crippen LogP contribution in [-0.4, -0.2) is 33.7 Å². The van der Waals surface area contributed by atoms with Gasteiger partial charge < -0.3 is 10.1 Å². The molecule has 0 heterocycles. The first-order valence-electron chi connectivity index (χ1n) is 8.72.